The molecule has 14 heavy (non-hydrogen) atoms. The molecule has 0 saturated heterocycles. The van der Waals surface area contributed by atoms with Crippen LogP contribution in [0.3, 0.4) is 0 Å². The zero-order valence-electron chi connectivity index (χ0n) is 6.95. The van der Waals surface area contributed by atoms with Gasteiger partial charge in [0.1, 0.15) is 11.6 Å². The number of amides is 3. The lowest BCUT2D eigenvalue weighted by molar-refractivity contribution is 0.0962. The number of aromatic hydroxyl groups is 1. The topological polar surface area (TPSA) is 92.4 Å². The van der Waals surface area contributed by atoms with Crippen LogP contribution in [0.1, 0.15) is 10.4 Å². The van der Waals surface area contributed by atoms with Crippen molar-refractivity contribution in [1.82, 2.24) is 5.32 Å². The Kier molecular flexibility index (Phi) is 2.66. The van der Waals surface area contributed by atoms with Crippen LogP contribution in [0, 0.1) is 5.82 Å². The maximum absolute atomic E-state index is 13.0. The molecule has 0 aliphatic carbocycles. The largest absolute Gasteiger partial charge is 0.508 e. The highest BCUT2D eigenvalue weighted by molar-refractivity contribution is 6.03. The van der Waals surface area contributed by atoms with Crippen molar-refractivity contribution >= 4 is 11.9 Å². The smallest absolute Gasteiger partial charge is 0.319 e. The van der Waals surface area contributed by atoms with E-state index in [1.165, 1.54) is 0 Å². The summed E-state index contributed by atoms with van der Waals surface area (Å²) in [6.07, 6.45) is 0. The number of hydrogen-bond donors (Lipinski definition) is 3. The number of rotatable bonds is 1. The van der Waals surface area contributed by atoms with Crippen LogP contribution in [0.15, 0.2) is 18.2 Å². The zero-order valence-corrected chi connectivity index (χ0v) is 6.95. The highest BCUT2D eigenvalue weighted by atomic mass is 19.1. The molecule has 74 valence electrons. The molecule has 4 N–H and O–H groups in total. The van der Waals surface area contributed by atoms with E-state index in [1.54, 1.807) is 5.32 Å². The summed E-state index contributed by atoms with van der Waals surface area (Å²) in [5.41, 5.74) is 4.31. The van der Waals surface area contributed by atoms with Crippen molar-refractivity contribution in [1.29, 1.82) is 0 Å². The number of phenolic OH excluding ortho intramolecular Hbond substituents is 1. The van der Waals surface area contributed by atoms with Crippen LogP contribution in [0.25, 0.3) is 0 Å². The molecule has 0 bridgehead atoms. The van der Waals surface area contributed by atoms with Gasteiger partial charge in [-0.2, -0.15) is 0 Å². The van der Waals surface area contributed by atoms with Gasteiger partial charge in [-0.15, -0.1) is 0 Å². The fraction of sp³-hybridized carbons (Fsp3) is 0. The van der Waals surface area contributed by atoms with E-state index in [0.29, 0.717) is 0 Å². The fourth-order valence-electron chi connectivity index (χ4n) is 0.867. The van der Waals surface area contributed by atoms with Crippen molar-refractivity contribution in [2.75, 3.05) is 0 Å². The maximum atomic E-state index is 13.0. The highest BCUT2D eigenvalue weighted by Crippen LogP contribution is 2.14. The number of carbonyl (C=O) groups excluding carboxylic acids is 2. The Bertz CT molecular complexity index is 392. The van der Waals surface area contributed by atoms with Crippen LogP contribution in [0.4, 0.5) is 9.18 Å². The molecule has 0 aliphatic heterocycles. The Hall–Kier alpha value is -2.11. The minimum Gasteiger partial charge on any atom is -0.508 e. The Morgan fingerprint density at radius 1 is 1.43 bits per heavy atom. The first-order valence-corrected chi connectivity index (χ1v) is 3.60. The molecule has 0 atom stereocenters. The van der Waals surface area contributed by atoms with E-state index in [-0.39, 0.29) is 11.3 Å². The van der Waals surface area contributed by atoms with Crippen molar-refractivity contribution in [3.8, 4) is 5.75 Å². The van der Waals surface area contributed by atoms with E-state index in [2.05, 4.69) is 5.73 Å². The van der Waals surface area contributed by atoms with E-state index in [0.717, 1.165) is 18.2 Å². The standard InChI is InChI=1S/C8H7FN2O3/c9-6-3-4(12)1-2-5(6)7(13)11-8(10)14/h1-3,12H,(H3,10,11,13,14). The van der Waals surface area contributed by atoms with Crippen molar-refractivity contribution in [3.05, 3.63) is 29.6 Å². The molecule has 0 heterocycles. The normalized spacial score (nSPS) is 9.50. The molecule has 1 aromatic carbocycles. The van der Waals surface area contributed by atoms with Gasteiger partial charge in [0.05, 0.1) is 5.56 Å². The number of phenols is 1. The maximum Gasteiger partial charge on any atom is 0.319 e. The lowest BCUT2D eigenvalue weighted by Gasteiger charge is -2.02. The minimum atomic E-state index is -1.07. The summed E-state index contributed by atoms with van der Waals surface area (Å²) in [6.45, 7) is 0. The summed E-state index contributed by atoms with van der Waals surface area (Å²) in [5, 5.41) is 10.5. The third-order valence-corrected chi connectivity index (χ3v) is 1.43. The summed E-state index contributed by atoms with van der Waals surface area (Å²) in [4.78, 5) is 21.3. The summed E-state index contributed by atoms with van der Waals surface area (Å²) in [6, 6.07) is 1.86. The summed E-state index contributed by atoms with van der Waals surface area (Å²) < 4.78 is 13.0. The summed E-state index contributed by atoms with van der Waals surface area (Å²) in [5.74, 6) is -2.18. The first-order valence-electron chi connectivity index (χ1n) is 3.60. The third-order valence-electron chi connectivity index (χ3n) is 1.43. The number of imide groups is 1. The first kappa shape index (κ1) is 9.97. The predicted molar refractivity (Wildman–Crippen MR) is 45.1 cm³/mol. The van der Waals surface area contributed by atoms with Gasteiger partial charge in [0.25, 0.3) is 5.91 Å². The first-order chi connectivity index (χ1) is 6.50. The Labute approximate surface area is 78.3 Å². The predicted octanol–water partition coefficient (Wildman–Crippen LogP) is 0.340. The second-order valence-electron chi connectivity index (χ2n) is 2.48. The molecular formula is C8H7FN2O3. The lowest BCUT2D eigenvalue weighted by Crippen LogP contribution is -2.35. The molecule has 3 amide bonds. The summed E-state index contributed by atoms with van der Waals surface area (Å²) >= 11 is 0. The highest BCUT2D eigenvalue weighted by Gasteiger charge is 2.13. The molecule has 1 aromatic rings. The molecular weight excluding hydrogens is 191 g/mol. The van der Waals surface area contributed by atoms with Crippen molar-refractivity contribution in [2.45, 2.75) is 0 Å². The van der Waals surface area contributed by atoms with Crippen molar-refractivity contribution < 1.29 is 19.1 Å². The van der Waals surface area contributed by atoms with Crippen LogP contribution in [-0.4, -0.2) is 17.0 Å². The van der Waals surface area contributed by atoms with Crippen LogP contribution >= 0.6 is 0 Å². The van der Waals surface area contributed by atoms with Crippen LogP contribution in [0.5, 0.6) is 5.75 Å². The molecule has 0 radical (unpaired) electrons. The Balaban J connectivity index is 2.96. The second-order valence-corrected chi connectivity index (χ2v) is 2.48. The molecule has 0 aromatic heterocycles. The van der Waals surface area contributed by atoms with Gasteiger partial charge in [-0.3, -0.25) is 10.1 Å². The molecule has 0 spiro atoms. The monoisotopic (exact) mass is 198 g/mol. The van der Waals surface area contributed by atoms with Crippen molar-refractivity contribution in [2.24, 2.45) is 5.73 Å². The number of nitrogens with two attached hydrogens (primary N) is 1. The van der Waals surface area contributed by atoms with E-state index in [4.69, 9.17) is 5.11 Å². The summed E-state index contributed by atoms with van der Waals surface area (Å²) in [7, 11) is 0. The van der Waals surface area contributed by atoms with Crippen LogP contribution in [0.2, 0.25) is 0 Å². The number of benzene rings is 1. The molecule has 5 nitrogen and oxygen atoms in total. The van der Waals surface area contributed by atoms with Gasteiger partial charge in [-0.05, 0) is 12.1 Å². The van der Waals surface area contributed by atoms with Gasteiger partial charge in [0.15, 0.2) is 0 Å². The van der Waals surface area contributed by atoms with Gasteiger partial charge >= 0.3 is 6.03 Å². The van der Waals surface area contributed by atoms with Crippen molar-refractivity contribution in [3.63, 3.8) is 0 Å². The van der Waals surface area contributed by atoms with Gasteiger partial charge in [0.2, 0.25) is 0 Å². The average molecular weight is 198 g/mol. The molecule has 0 fully saturated rings. The van der Waals surface area contributed by atoms with Crippen LogP contribution < -0.4 is 11.1 Å². The zero-order chi connectivity index (χ0) is 10.7. The molecule has 0 aliphatic rings. The number of urea groups is 1. The van der Waals surface area contributed by atoms with Gasteiger partial charge in [-0.25, -0.2) is 9.18 Å². The fourth-order valence-corrected chi connectivity index (χ4v) is 0.867. The van der Waals surface area contributed by atoms with E-state index in [1.807, 2.05) is 0 Å². The molecule has 1 rings (SSSR count). The lowest BCUT2D eigenvalue weighted by atomic mass is 10.2. The number of hydrogen-bond acceptors (Lipinski definition) is 3. The number of nitrogens with one attached hydrogen (secondary N) is 1. The van der Waals surface area contributed by atoms with Gasteiger partial charge < -0.3 is 10.8 Å². The number of carbonyl (C=O) groups is 2. The molecule has 6 heteroatoms. The average Bonchev–Trinajstić information content (AvgIpc) is 2.01. The SMILES string of the molecule is NC(=O)NC(=O)c1ccc(O)cc1F. The van der Waals surface area contributed by atoms with Gasteiger partial charge in [0, 0.05) is 6.07 Å². The van der Waals surface area contributed by atoms with Gasteiger partial charge in [-0.1, -0.05) is 0 Å². The van der Waals surface area contributed by atoms with E-state index >= 15 is 0 Å². The quantitative estimate of drug-likeness (QED) is 0.607. The second kappa shape index (κ2) is 3.73. The van der Waals surface area contributed by atoms with E-state index < -0.39 is 17.8 Å². The number of primary amides is 1. The molecule has 0 saturated carbocycles. The minimum absolute atomic E-state index is 0.307. The van der Waals surface area contributed by atoms with E-state index in [9.17, 15) is 14.0 Å². The van der Waals surface area contributed by atoms with Crippen LogP contribution in [-0.2, 0) is 0 Å². The Morgan fingerprint density at radius 2 is 2.07 bits per heavy atom. The number of halogens is 1. The Morgan fingerprint density at radius 3 is 2.57 bits per heavy atom. The molecule has 0 unspecified atom stereocenters. The third kappa shape index (κ3) is 2.19.